The number of aliphatic hydroxyl groups is 1. The van der Waals surface area contributed by atoms with Gasteiger partial charge in [-0.15, -0.1) is 5.10 Å². The largest absolute Gasteiger partial charge is 0.390 e. The predicted molar refractivity (Wildman–Crippen MR) is 117 cm³/mol. The number of hydrogen-bond donors (Lipinski definition) is 2. The van der Waals surface area contributed by atoms with Crippen LogP contribution in [0.3, 0.4) is 0 Å². The van der Waals surface area contributed by atoms with E-state index in [-0.39, 0.29) is 10.6 Å². The van der Waals surface area contributed by atoms with Crippen LogP contribution in [0.4, 0.5) is 4.39 Å². The van der Waals surface area contributed by atoms with Crippen molar-refractivity contribution < 1.29 is 17.9 Å². The van der Waals surface area contributed by atoms with Crippen molar-refractivity contribution in [2.75, 3.05) is 13.1 Å². The molecule has 2 aromatic carbocycles. The maximum atomic E-state index is 14.9. The second-order valence-electron chi connectivity index (χ2n) is 8.45. The van der Waals surface area contributed by atoms with Crippen LogP contribution in [0.1, 0.15) is 37.0 Å². The molecule has 170 valence electrons. The molecule has 1 fully saturated rings. The Bertz CT molecular complexity index is 1200. The molecule has 1 aliphatic rings. The third-order valence-electron chi connectivity index (χ3n) is 5.70. The number of sulfonamides is 1. The lowest BCUT2D eigenvalue weighted by molar-refractivity contribution is -0.00787. The zero-order valence-electron chi connectivity index (χ0n) is 17.8. The van der Waals surface area contributed by atoms with Crippen molar-refractivity contribution in [3.05, 3.63) is 71.6 Å². The fraction of sp³-hybridized carbons (Fsp3) is 0.364. The lowest BCUT2D eigenvalue weighted by atomic mass is 9.94. The minimum Gasteiger partial charge on any atom is -0.390 e. The van der Waals surface area contributed by atoms with Gasteiger partial charge in [0.2, 0.25) is 10.0 Å². The number of aromatic nitrogens is 3. The van der Waals surface area contributed by atoms with E-state index < -0.39 is 21.4 Å². The summed E-state index contributed by atoms with van der Waals surface area (Å²) in [5, 5.41) is 19.8. The molecule has 3 aromatic rings. The average molecular weight is 460 g/mol. The lowest BCUT2D eigenvalue weighted by Crippen LogP contribution is -2.42. The van der Waals surface area contributed by atoms with Gasteiger partial charge in [0.1, 0.15) is 17.3 Å². The number of likely N-dealkylation sites (tertiary alicyclic amines) is 1. The van der Waals surface area contributed by atoms with Gasteiger partial charge in [-0.3, -0.25) is 4.90 Å². The van der Waals surface area contributed by atoms with E-state index in [0.717, 1.165) is 11.6 Å². The van der Waals surface area contributed by atoms with E-state index in [2.05, 4.69) is 15.0 Å². The molecule has 0 aliphatic carbocycles. The van der Waals surface area contributed by atoms with Gasteiger partial charge in [0.25, 0.3) is 0 Å². The molecule has 0 bridgehead atoms. The molecular formula is C22H26FN5O3S. The second kappa shape index (κ2) is 8.70. The number of piperidine rings is 1. The van der Waals surface area contributed by atoms with E-state index in [0.29, 0.717) is 50.5 Å². The average Bonchev–Trinajstić information content (AvgIpc) is 3.11. The van der Waals surface area contributed by atoms with Crippen LogP contribution < -0.4 is 5.14 Å². The Morgan fingerprint density at radius 1 is 1.16 bits per heavy atom. The van der Waals surface area contributed by atoms with Crippen molar-refractivity contribution in [3.8, 4) is 5.69 Å². The first-order valence-electron chi connectivity index (χ1n) is 10.4. The molecule has 32 heavy (non-hydrogen) atoms. The van der Waals surface area contributed by atoms with Crippen molar-refractivity contribution >= 4 is 10.0 Å². The normalized spacial score (nSPS) is 16.9. The van der Waals surface area contributed by atoms with Gasteiger partial charge in [0, 0.05) is 19.5 Å². The molecule has 0 unspecified atom stereocenters. The molecule has 2 heterocycles. The van der Waals surface area contributed by atoms with Crippen molar-refractivity contribution in [2.45, 2.75) is 43.2 Å². The summed E-state index contributed by atoms with van der Waals surface area (Å²) in [7, 11) is -4.02. The molecule has 3 N–H and O–H groups in total. The molecule has 0 atom stereocenters. The first-order valence-corrected chi connectivity index (χ1v) is 11.9. The lowest BCUT2D eigenvalue weighted by Gasteiger charge is -2.35. The molecule has 0 amide bonds. The minimum atomic E-state index is -4.02. The third-order valence-corrected chi connectivity index (χ3v) is 6.61. The summed E-state index contributed by atoms with van der Waals surface area (Å²) in [6, 6.07) is 13.1. The fourth-order valence-corrected chi connectivity index (χ4v) is 4.30. The van der Waals surface area contributed by atoms with Crippen LogP contribution in [0, 0.1) is 5.82 Å². The Hall–Kier alpha value is -2.66. The van der Waals surface area contributed by atoms with E-state index in [1.165, 1.54) is 16.8 Å². The van der Waals surface area contributed by atoms with E-state index in [1.54, 1.807) is 0 Å². The summed E-state index contributed by atoms with van der Waals surface area (Å²) < 4.78 is 39.4. The van der Waals surface area contributed by atoms with Crippen LogP contribution in [0.25, 0.3) is 5.69 Å². The summed E-state index contributed by atoms with van der Waals surface area (Å²) >= 11 is 0. The van der Waals surface area contributed by atoms with Crippen LogP contribution in [0.5, 0.6) is 0 Å². The number of nitrogens with zero attached hydrogens (tertiary/aromatic N) is 4. The van der Waals surface area contributed by atoms with Gasteiger partial charge in [-0.05, 0) is 43.5 Å². The van der Waals surface area contributed by atoms with Crippen molar-refractivity contribution in [2.24, 2.45) is 5.14 Å². The fourth-order valence-electron chi connectivity index (χ4n) is 3.77. The molecule has 10 heteroatoms. The minimum absolute atomic E-state index is 0.101. The zero-order chi connectivity index (χ0) is 22.9. The molecule has 8 nitrogen and oxygen atoms in total. The topological polar surface area (TPSA) is 114 Å². The maximum absolute atomic E-state index is 14.9. The van der Waals surface area contributed by atoms with Gasteiger partial charge in [-0.2, -0.15) is 0 Å². The summed E-state index contributed by atoms with van der Waals surface area (Å²) in [4.78, 5) is 6.52. The number of primary sulfonamides is 1. The highest BCUT2D eigenvalue weighted by molar-refractivity contribution is 7.89. The van der Waals surface area contributed by atoms with Crippen LogP contribution in [0.2, 0.25) is 0 Å². The smallest absolute Gasteiger partial charge is 0.238 e. The third kappa shape index (κ3) is 5.21. The Morgan fingerprint density at radius 2 is 1.84 bits per heavy atom. The molecule has 1 saturated heterocycles. The Balaban J connectivity index is 1.67. The van der Waals surface area contributed by atoms with Crippen molar-refractivity contribution in [1.29, 1.82) is 0 Å². The van der Waals surface area contributed by atoms with E-state index in [9.17, 15) is 17.9 Å². The first-order chi connectivity index (χ1) is 15.1. The van der Waals surface area contributed by atoms with Crippen LogP contribution in [0.15, 0.2) is 53.4 Å². The summed E-state index contributed by atoms with van der Waals surface area (Å²) in [6.45, 7) is 3.74. The monoisotopic (exact) mass is 459 g/mol. The van der Waals surface area contributed by atoms with E-state index in [4.69, 9.17) is 5.14 Å². The molecule has 0 saturated carbocycles. The van der Waals surface area contributed by atoms with Crippen LogP contribution >= 0.6 is 0 Å². The molecule has 0 spiro atoms. The SMILES string of the molecule is CC1(O)CCN(Cc2nc(Cc3ccccc3)n(-c3ccc(S(N)(=O)=O)cc3F)n2)CC1. The summed E-state index contributed by atoms with van der Waals surface area (Å²) in [5.41, 5.74) is 0.433. The molecule has 1 aromatic heterocycles. The standard InChI is InChI=1S/C22H26FN5O3S/c1-22(29)9-11-27(12-10-22)15-20-25-21(13-16-5-3-2-4-6-16)28(26-20)19-8-7-17(14-18(19)23)32(24,30)31/h2-8,14,29H,9-13,15H2,1H3,(H2,24,30,31). The number of benzene rings is 2. The molecule has 4 rings (SSSR count). The Morgan fingerprint density at radius 3 is 2.47 bits per heavy atom. The Labute approximate surface area is 186 Å². The summed E-state index contributed by atoms with van der Waals surface area (Å²) in [6.07, 6.45) is 1.75. The number of halogens is 1. The van der Waals surface area contributed by atoms with Gasteiger partial charge >= 0.3 is 0 Å². The van der Waals surface area contributed by atoms with Gasteiger partial charge in [-0.25, -0.2) is 27.6 Å². The highest BCUT2D eigenvalue weighted by Crippen LogP contribution is 2.23. The van der Waals surface area contributed by atoms with E-state index >= 15 is 0 Å². The number of rotatable bonds is 6. The molecule has 1 aliphatic heterocycles. The highest BCUT2D eigenvalue weighted by atomic mass is 32.2. The Kier molecular flexibility index (Phi) is 6.13. The van der Waals surface area contributed by atoms with E-state index in [1.807, 2.05) is 37.3 Å². The van der Waals surface area contributed by atoms with Crippen molar-refractivity contribution in [3.63, 3.8) is 0 Å². The number of nitrogens with two attached hydrogens (primary N) is 1. The van der Waals surface area contributed by atoms with Gasteiger partial charge in [-0.1, -0.05) is 30.3 Å². The molecular weight excluding hydrogens is 433 g/mol. The van der Waals surface area contributed by atoms with Crippen LogP contribution in [-0.4, -0.2) is 51.9 Å². The van der Waals surface area contributed by atoms with Gasteiger partial charge in [0.15, 0.2) is 5.82 Å². The van der Waals surface area contributed by atoms with Gasteiger partial charge in [0.05, 0.1) is 17.0 Å². The van der Waals surface area contributed by atoms with Gasteiger partial charge < -0.3 is 5.11 Å². The van der Waals surface area contributed by atoms with Crippen molar-refractivity contribution in [1.82, 2.24) is 19.7 Å². The first kappa shape index (κ1) is 22.5. The highest BCUT2D eigenvalue weighted by Gasteiger charge is 2.28. The number of hydrogen-bond acceptors (Lipinski definition) is 6. The zero-order valence-corrected chi connectivity index (χ0v) is 18.6. The van der Waals surface area contributed by atoms with Crippen LogP contribution in [-0.2, 0) is 23.0 Å². The maximum Gasteiger partial charge on any atom is 0.238 e. The summed E-state index contributed by atoms with van der Waals surface area (Å²) in [5.74, 6) is 0.321. The molecule has 0 radical (unpaired) electrons. The quantitative estimate of drug-likeness (QED) is 0.583. The second-order valence-corrected chi connectivity index (χ2v) is 10.0. The predicted octanol–water partition coefficient (Wildman–Crippen LogP) is 1.99.